The molecule has 0 bridgehead atoms. The fourth-order valence-corrected chi connectivity index (χ4v) is 4.14. The van der Waals surface area contributed by atoms with Crippen LogP contribution < -0.4 is 5.32 Å². The molecule has 0 aliphatic heterocycles. The minimum Gasteiger partial charge on any atom is -0.385 e. The van der Waals surface area contributed by atoms with Crippen molar-refractivity contribution in [2.75, 3.05) is 33.9 Å². The molecule has 1 rings (SSSR count). The highest BCUT2D eigenvalue weighted by atomic mass is 79.9. The van der Waals surface area contributed by atoms with Gasteiger partial charge in [-0.2, -0.15) is 0 Å². The predicted molar refractivity (Wildman–Crippen MR) is 87.8 cm³/mol. The van der Waals surface area contributed by atoms with E-state index in [0.717, 1.165) is 18.7 Å². The first-order valence-electron chi connectivity index (χ1n) is 6.88. The van der Waals surface area contributed by atoms with Crippen LogP contribution in [0.5, 0.6) is 0 Å². The molecular formula is C14H23BrN2O3S. The molecule has 0 fully saturated rings. The topological polar surface area (TPSA) is 58.6 Å². The molecule has 1 N–H and O–H groups in total. The molecule has 0 aliphatic rings. The lowest BCUT2D eigenvalue weighted by Gasteiger charge is -2.18. The molecule has 0 aromatic heterocycles. The summed E-state index contributed by atoms with van der Waals surface area (Å²) in [7, 11) is -0.284. The second-order valence-electron chi connectivity index (χ2n) is 4.72. The molecule has 1 aromatic rings. The molecule has 0 saturated carbocycles. The lowest BCUT2D eigenvalue weighted by molar-refractivity contribution is 0.189. The Labute approximate surface area is 135 Å². The normalized spacial score (nSPS) is 12.0. The minimum atomic E-state index is -3.48. The van der Waals surface area contributed by atoms with Gasteiger partial charge in [0.15, 0.2) is 0 Å². The van der Waals surface area contributed by atoms with E-state index in [2.05, 4.69) is 21.2 Å². The first-order valence-corrected chi connectivity index (χ1v) is 9.11. The molecule has 0 saturated heterocycles. The van der Waals surface area contributed by atoms with Crippen molar-refractivity contribution in [1.82, 2.24) is 9.62 Å². The summed E-state index contributed by atoms with van der Waals surface area (Å²) in [4.78, 5) is 0.294. The van der Waals surface area contributed by atoms with E-state index in [0.29, 0.717) is 28.9 Å². The Morgan fingerprint density at radius 3 is 2.67 bits per heavy atom. The maximum Gasteiger partial charge on any atom is 0.243 e. The van der Waals surface area contributed by atoms with Gasteiger partial charge >= 0.3 is 0 Å². The average Bonchev–Trinajstić information content (AvgIpc) is 2.45. The third kappa shape index (κ3) is 5.34. The van der Waals surface area contributed by atoms with Crippen LogP contribution in [0.1, 0.15) is 18.9 Å². The standard InChI is InChI=1S/C14H23BrN2O3S/c1-4-16-11-12-6-7-14(13(15)10-12)21(18,19)17(2)8-5-9-20-3/h6-7,10,16H,4-5,8-9,11H2,1-3H3. The summed E-state index contributed by atoms with van der Waals surface area (Å²) in [6.07, 6.45) is 0.669. The van der Waals surface area contributed by atoms with Crippen molar-refractivity contribution in [1.29, 1.82) is 0 Å². The lowest BCUT2D eigenvalue weighted by Crippen LogP contribution is -2.29. The van der Waals surface area contributed by atoms with Gasteiger partial charge in [0.1, 0.15) is 0 Å². The highest BCUT2D eigenvalue weighted by Crippen LogP contribution is 2.25. The van der Waals surface area contributed by atoms with Gasteiger partial charge in [0.05, 0.1) is 4.90 Å². The number of sulfonamides is 1. The minimum absolute atomic E-state index is 0.294. The van der Waals surface area contributed by atoms with Crippen molar-refractivity contribution in [3.05, 3.63) is 28.2 Å². The summed E-state index contributed by atoms with van der Waals surface area (Å²) in [5, 5.41) is 3.21. The summed E-state index contributed by atoms with van der Waals surface area (Å²) in [5.74, 6) is 0. The monoisotopic (exact) mass is 378 g/mol. The molecule has 0 spiro atoms. The van der Waals surface area contributed by atoms with Gasteiger partial charge in [-0.15, -0.1) is 0 Å². The van der Waals surface area contributed by atoms with Crippen molar-refractivity contribution < 1.29 is 13.2 Å². The maximum atomic E-state index is 12.5. The van der Waals surface area contributed by atoms with Crippen LogP contribution in [-0.2, 0) is 21.3 Å². The summed E-state index contributed by atoms with van der Waals surface area (Å²) in [6.45, 7) is 4.60. The number of hydrogen-bond donors (Lipinski definition) is 1. The van der Waals surface area contributed by atoms with Crippen LogP contribution in [0.25, 0.3) is 0 Å². The average molecular weight is 379 g/mol. The van der Waals surface area contributed by atoms with E-state index in [-0.39, 0.29) is 0 Å². The molecular weight excluding hydrogens is 356 g/mol. The van der Waals surface area contributed by atoms with Crippen LogP contribution in [0.4, 0.5) is 0 Å². The summed E-state index contributed by atoms with van der Waals surface area (Å²) < 4.78 is 31.9. The smallest absolute Gasteiger partial charge is 0.243 e. The number of benzene rings is 1. The molecule has 120 valence electrons. The number of halogens is 1. The second kappa shape index (κ2) is 8.85. The predicted octanol–water partition coefficient (Wildman–Crippen LogP) is 2.22. The van der Waals surface area contributed by atoms with E-state index in [1.54, 1.807) is 20.2 Å². The highest BCUT2D eigenvalue weighted by Gasteiger charge is 2.23. The van der Waals surface area contributed by atoms with Gasteiger partial charge in [-0.1, -0.05) is 13.0 Å². The largest absolute Gasteiger partial charge is 0.385 e. The first kappa shape index (κ1) is 18.6. The third-order valence-electron chi connectivity index (χ3n) is 3.09. The Morgan fingerprint density at radius 1 is 1.38 bits per heavy atom. The Balaban J connectivity index is 2.87. The molecule has 0 heterocycles. The Hall–Kier alpha value is -0.470. The fourth-order valence-electron chi connectivity index (χ4n) is 1.85. The van der Waals surface area contributed by atoms with Gasteiger partial charge in [0.2, 0.25) is 10.0 Å². The van der Waals surface area contributed by atoms with Crippen molar-refractivity contribution in [3.63, 3.8) is 0 Å². The third-order valence-corrected chi connectivity index (χ3v) is 5.92. The molecule has 1 aromatic carbocycles. The van der Waals surface area contributed by atoms with E-state index < -0.39 is 10.0 Å². The Kier molecular flexibility index (Phi) is 7.83. The molecule has 0 radical (unpaired) electrons. The van der Waals surface area contributed by atoms with E-state index in [1.165, 1.54) is 4.31 Å². The van der Waals surface area contributed by atoms with Crippen molar-refractivity contribution in [3.8, 4) is 0 Å². The zero-order valence-electron chi connectivity index (χ0n) is 12.7. The maximum absolute atomic E-state index is 12.5. The number of ether oxygens (including phenoxy) is 1. The van der Waals surface area contributed by atoms with Crippen molar-refractivity contribution in [2.24, 2.45) is 0 Å². The highest BCUT2D eigenvalue weighted by molar-refractivity contribution is 9.10. The van der Waals surface area contributed by atoms with E-state index in [9.17, 15) is 8.42 Å². The fraction of sp³-hybridized carbons (Fsp3) is 0.571. The van der Waals surface area contributed by atoms with Crippen LogP contribution in [-0.4, -0.2) is 46.6 Å². The van der Waals surface area contributed by atoms with Gasteiger partial charge < -0.3 is 10.1 Å². The SMILES string of the molecule is CCNCc1ccc(S(=O)(=O)N(C)CCCOC)c(Br)c1. The molecule has 0 atom stereocenters. The Bertz CT molecular complexity index is 549. The van der Waals surface area contributed by atoms with Gasteiger partial charge in [0, 0.05) is 38.3 Å². The van der Waals surface area contributed by atoms with Crippen LogP contribution in [0, 0.1) is 0 Å². The first-order chi connectivity index (χ1) is 9.93. The number of rotatable bonds is 9. The molecule has 0 unspecified atom stereocenters. The number of hydrogen-bond acceptors (Lipinski definition) is 4. The molecule has 7 heteroatoms. The zero-order chi connectivity index (χ0) is 15.9. The van der Waals surface area contributed by atoms with E-state index in [4.69, 9.17) is 4.74 Å². The van der Waals surface area contributed by atoms with Crippen LogP contribution >= 0.6 is 15.9 Å². The second-order valence-corrected chi connectivity index (χ2v) is 7.59. The lowest BCUT2D eigenvalue weighted by atomic mass is 10.2. The quantitative estimate of drug-likeness (QED) is 0.669. The van der Waals surface area contributed by atoms with Gasteiger partial charge in [-0.25, -0.2) is 12.7 Å². The van der Waals surface area contributed by atoms with Gasteiger partial charge in [0.25, 0.3) is 0 Å². The zero-order valence-corrected chi connectivity index (χ0v) is 15.1. The van der Waals surface area contributed by atoms with Crippen LogP contribution in [0.15, 0.2) is 27.6 Å². The number of methoxy groups -OCH3 is 1. The molecule has 21 heavy (non-hydrogen) atoms. The van der Waals surface area contributed by atoms with Crippen LogP contribution in [0.3, 0.4) is 0 Å². The van der Waals surface area contributed by atoms with Crippen molar-refractivity contribution in [2.45, 2.75) is 24.8 Å². The molecule has 0 aliphatic carbocycles. The summed E-state index contributed by atoms with van der Waals surface area (Å²) in [5.41, 5.74) is 1.05. The Morgan fingerprint density at radius 2 is 2.10 bits per heavy atom. The summed E-state index contributed by atoms with van der Waals surface area (Å²) in [6, 6.07) is 5.33. The molecule has 5 nitrogen and oxygen atoms in total. The van der Waals surface area contributed by atoms with E-state index >= 15 is 0 Å². The summed E-state index contributed by atoms with van der Waals surface area (Å²) >= 11 is 3.37. The van der Waals surface area contributed by atoms with Gasteiger partial charge in [-0.05, 0) is 46.6 Å². The number of nitrogens with zero attached hydrogens (tertiary/aromatic N) is 1. The molecule has 0 amide bonds. The number of nitrogens with one attached hydrogen (secondary N) is 1. The van der Waals surface area contributed by atoms with Gasteiger partial charge in [-0.3, -0.25) is 0 Å². The van der Waals surface area contributed by atoms with E-state index in [1.807, 2.05) is 19.1 Å². The van der Waals surface area contributed by atoms with Crippen LogP contribution in [0.2, 0.25) is 0 Å². The van der Waals surface area contributed by atoms with Crippen molar-refractivity contribution >= 4 is 26.0 Å².